The third-order valence-corrected chi connectivity index (χ3v) is 6.27. The number of aliphatic hydroxyl groups is 1. The molecule has 1 unspecified atom stereocenters. The van der Waals surface area contributed by atoms with Crippen LogP contribution in [0.1, 0.15) is 43.7 Å². The minimum atomic E-state index is -1.50. The molecule has 34 heavy (non-hydrogen) atoms. The summed E-state index contributed by atoms with van der Waals surface area (Å²) in [6.45, 7) is 4.49. The first-order valence-electron chi connectivity index (χ1n) is 11.5. The summed E-state index contributed by atoms with van der Waals surface area (Å²) in [6.07, 6.45) is -1.93. The van der Waals surface area contributed by atoms with Crippen molar-refractivity contribution in [2.45, 2.75) is 38.7 Å². The summed E-state index contributed by atoms with van der Waals surface area (Å²) in [6, 6.07) is 16.2. The zero-order valence-corrected chi connectivity index (χ0v) is 19.5. The smallest absolute Gasteiger partial charge is 0.407 e. The molecule has 0 fully saturated rings. The van der Waals surface area contributed by atoms with Gasteiger partial charge in [-0.1, -0.05) is 62.4 Å². The van der Waals surface area contributed by atoms with Crippen LogP contribution >= 0.6 is 0 Å². The monoisotopic (exact) mass is 468 g/mol. The van der Waals surface area contributed by atoms with E-state index >= 15 is 0 Å². The van der Waals surface area contributed by atoms with Crippen LogP contribution in [0.4, 0.5) is 4.79 Å². The fraction of sp³-hybridized carbons (Fsp3) is 0.423. The summed E-state index contributed by atoms with van der Waals surface area (Å²) in [5.41, 5.74) is 4.60. The molecular formula is C26H32N2O6. The predicted octanol–water partition coefficient (Wildman–Crippen LogP) is 3.14. The van der Waals surface area contributed by atoms with Crippen molar-refractivity contribution >= 4 is 18.0 Å². The molecule has 2 amide bonds. The van der Waals surface area contributed by atoms with Crippen LogP contribution in [0, 0.1) is 11.8 Å². The number of carbonyl (C=O) groups excluding carboxylic acids is 2. The van der Waals surface area contributed by atoms with E-state index in [9.17, 15) is 19.5 Å². The van der Waals surface area contributed by atoms with E-state index in [1.54, 1.807) is 0 Å². The zero-order valence-electron chi connectivity index (χ0n) is 19.5. The van der Waals surface area contributed by atoms with Gasteiger partial charge in [-0.2, -0.15) is 0 Å². The van der Waals surface area contributed by atoms with Crippen LogP contribution in [0.15, 0.2) is 48.5 Å². The molecule has 3 rings (SSSR count). The van der Waals surface area contributed by atoms with Crippen molar-refractivity contribution in [1.29, 1.82) is 0 Å². The maximum absolute atomic E-state index is 12.4. The lowest BCUT2D eigenvalue weighted by Gasteiger charge is -2.21. The van der Waals surface area contributed by atoms with Crippen LogP contribution < -0.4 is 10.6 Å². The summed E-state index contributed by atoms with van der Waals surface area (Å²) < 4.78 is 5.55. The van der Waals surface area contributed by atoms with E-state index in [-0.39, 0.29) is 56.2 Å². The molecule has 1 aliphatic rings. The highest BCUT2D eigenvalue weighted by molar-refractivity contribution is 5.79. The zero-order chi connectivity index (χ0) is 24.7. The number of carboxylic acid groups (broad SMARTS) is 1. The molecule has 2 aromatic carbocycles. The molecule has 8 heteroatoms. The molecular weight excluding hydrogens is 436 g/mol. The molecule has 0 heterocycles. The minimum absolute atomic E-state index is 0.0222. The Kier molecular flexibility index (Phi) is 8.65. The van der Waals surface area contributed by atoms with Gasteiger partial charge in [0.2, 0.25) is 5.91 Å². The van der Waals surface area contributed by atoms with Crippen molar-refractivity contribution < 1.29 is 29.3 Å². The minimum Gasteiger partial charge on any atom is -0.479 e. The molecule has 0 saturated carbocycles. The van der Waals surface area contributed by atoms with E-state index in [1.807, 2.05) is 38.1 Å². The average molecular weight is 469 g/mol. The number of aliphatic carboxylic acids is 1. The van der Waals surface area contributed by atoms with Crippen molar-refractivity contribution in [3.63, 3.8) is 0 Å². The molecule has 2 atom stereocenters. The lowest BCUT2D eigenvalue weighted by atomic mass is 9.92. The second-order valence-corrected chi connectivity index (χ2v) is 8.91. The summed E-state index contributed by atoms with van der Waals surface area (Å²) in [5, 5.41) is 23.4. The number of alkyl carbamates (subject to hydrolysis) is 1. The number of benzene rings is 2. The van der Waals surface area contributed by atoms with Crippen molar-refractivity contribution in [2.24, 2.45) is 11.8 Å². The largest absolute Gasteiger partial charge is 0.479 e. The fourth-order valence-corrected chi connectivity index (χ4v) is 4.19. The molecule has 4 N–H and O–H groups in total. The van der Waals surface area contributed by atoms with Crippen molar-refractivity contribution in [2.75, 3.05) is 19.7 Å². The van der Waals surface area contributed by atoms with Gasteiger partial charge in [0, 0.05) is 31.8 Å². The number of fused-ring (bicyclic) bond motifs is 3. The third-order valence-electron chi connectivity index (χ3n) is 6.27. The lowest BCUT2D eigenvalue weighted by Crippen LogP contribution is -2.36. The third kappa shape index (κ3) is 6.35. The van der Waals surface area contributed by atoms with E-state index in [0.29, 0.717) is 0 Å². The number of ether oxygens (including phenoxy) is 1. The molecule has 0 saturated heterocycles. The number of hydrogen-bond acceptors (Lipinski definition) is 5. The number of carbonyl (C=O) groups is 3. The summed E-state index contributed by atoms with van der Waals surface area (Å²) in [4.78, 5) is 35.3. The molecule has 182 valence electrons. The molecule has 8 nitrogen and oxygen atoms in total. The van der Waals surface area contributed by atoms with E-state index in [1.165, 1.54) is 0 Å². The normalized spacial score (nSPS) is 14.1. The predicted molar refractivity (Wildman–Crippen MR) is 127 cm³/mol. The van der Waals surface area contributed by atoms with Crippen LogP contribution in [-0.2, 0) is 14.3 Å². The number of nitrogens with one attached hydrogen (secondary N) is 2. The molecule has 0 bridgehead atoms. The Hall–Kier alpha value is -3.39. The number of rotatable bonds is 11. The van der Waals surface area contributed by atoms with Gasteiger partial charge in [-0.25, -0.2) is 9.59 Å². The lowest BCUT2D eigenvalue weighted by molar-refractivity contribution is -0.147. The van der Waals surface area contributed by atoms with Crippen LogP contribution in [0.2, 0.25) is 0 Å². The van der Waals surface area contributed by atoms with Crippen molar-refractivity contribution in [1.82, 2.24) is 10.6 Å². The van der Waals surface area contributed by atoms with Gasteiger partial charge in [0.1, 0.15) is 6.61 Å². The van der Waals surface area contributed by atoms with Gasteiger partial charge in [0.05, 0.1) is 0 Å². The Labute approximate surface area is 199 Å². The summed E-state index contributed by atoms with van der Waals surface area (Å²) in [5.74, 6) is -1.59. The molecule has 0 aliphatic heterocycles. The number of carboxylic acids is 1. The first-order chi connectivity index (χ1) is 16.3. The first kappa shape index (κ1) is 25.2. The highest BCUT2D eigenvalue weighted by atomic mass is 16.5. The van der Waals surface area contributed by atoms with Gasteiger partial charge in [-0.15, -0.1) is 0 Å². The molecule has 1 aliphatic carbocycles. The molecule has 2 aromatic rings. The number of amides is 2. The van der Waals surface area contributed by atoms with Gasteiger partial charge < -0.3 is 25.6 Å². The Morgan fingerprint density at radius 3 is 2.12 bits per heavy atom. The second-order valence-electron chi connectivity index (χ2n) is 8.91. The highest BCUT2D eigenvalue weighted by Crippen LogP contribution is 2.44. The molecule has 0 radical (unpaired) electrons. The van der Waals surface area contributed by atoms with Crippen molar-refractivity contribution in [3.05, 3.63) is 59.7 Å². The summed E-state index contributed by atoms with van der Waals surface area (Å²) in [7, 11) is 0. The van der Waals surface area contributed by atoms with Crippen LogP contribution in [0.25, 0.3) is 11.1 Å². The van der Waals surface area contributed by atoms with Crippen LogP contribution in [0.3, 0.4) is 0 Å². The van der Waals surface area contributed by atoms with Crippen LogP contribution in [0.5, 0.6) is 0 Å². The van der Waals surface area contributed by atoms with Crippen LogP contribution in [-0.4, -0.2) is 54.0 Å². The van der Waals surface area contributed by atoms with Crippen molar-refractivity contribution in [3.8, 4) is 11.1 Å². The Balaban J connectivity index is 1.48. The quantitative estimate of drug-likeness (QED) is 0.402. The van der Waals surface area contributed by atoms with Gasteiger partial charge in [0.25, 0.3) is 0 Å². The number of aliphatic hydroxyl groups excluding tert-OH is 1. The molecule has 0 spiro atoms. The maximum atomic E-state index is 12.4. The van der Waals surface area contributed by atoms with E-state index < -0.39 is 18.2 Å². The Morgan fingerprint density at radius 2 is 1.56 bits per heavy atom. The maximum Gasteiger partial charge on any atom is 0.407 e. The fourth-order valence-electron chi connectivity index (χ4n) is 4.19. The van der Waals surface area contributed by atoms with Gasteiger partial charge in [-0.3, -0.25) is 4.79 Å². The SMILES string of the molecule is CC(C)C(CNC(=O)OCC1c2ccccc2-c2ccccc21)CC(=O)NCC[C@H](O)C(=O)O. The molecule has 0 aromatic heterocycles. The average Bonchev–Trinajstić information content (AvgIpc) is 3.13. The van der Waals surface area contributed by atoms with E-state index in [0.717, 1.165) is 22.3 Å². The second kappa shape index (κ2) is 11.7. The number of hydrogen-bond donors (Lipinski definition) is 4. The Bertz CT molecular complexity index is 976. The first-order valence-corrected chi connectivity index (χ1v) is 11.5. The van der Waals surface area contributed by atoms with E-state index in [2.05, 4.69) is 34.9 Å². The van der Waals surface area contributed by atoms with Gasteiger partial charge in [-0.05, 0) is 34.1 Å². The topological polar surface area (TPSA) is 125 Å². The summed E-state index contributed by atoms with van der Waals surface area (Å²) >= 11 is 0. The van der Waals surface area contributed by atoms with Gasteiger partial charge >= 0.3 is 12.1 Å². The van der Waals surface area contributed by atoms with Gasteiger partial charge in [0.15, 0.2) is 6.10 Å². The van der Waals surface area contributed by atoms with E-state index in [4.69, 9.17) is 9.84 Å². The Morgan fingerprint density at radius 1 is 0.971 bits per heavy atom. The highest BCUT2D eigenvalue weighted by Gasteiger charge is 2.29. The standard InChI is InChI=1S/C26H32N2O6/c1-16(2)17(13-24(30)27-12-11-23(29)25(31)32)14-28-26(33)34-15-22-20-9-5-3-7-18(20)19-8-4-6-10-21(19)22/h3-10,16-17,22-23,29H,11-15H2,1-2H3,(H,27,30)(H,28,33)(H,31,32)/t17?,23-/m0/s1.